The van der Waals surface area contributed by atoms with Crippen LogP contribution in [0.4, 0.5) is 0 Å². The third-order valence-corrected chi connectivity index (χ3v) is 3.33. The molecule has 0 unspecified atom stereocenters. The van der Waals surface area contributed by atoms with E-state index in [0.717, 1.165) is 36.2 Å². The van der Waals surface area contributed by atoms with Crippen LogP contribution < -0.4 is 5.32 Å². The minimum atomic E-state index is 0.791. The molecule has 2 aromatic rings. The Balaban J connectivity index is 1.84. The molecule has 0 bridgehead atoms. The molecule has 0 saturated carbocycles. The summed E-state index contributed by atoms with van der Waals surface area (Å²) < 4.78 is 2.14. The fraction of sp³-hybridized carbons (Fsp3) is 0.455. The van der Waals surface area contributed by atoms with Crippen LogP contribution in [0.1, 0.15) is 23.4 Å². The second-order valence-electron chi connectivity index (χ2n) is 3.62. The van der Waals surface area contributed by atoms with Crippen molar-refractivity contribution in [3.8, 4) is 0 Å². The van der Waals surface area contributed by atoms with E-state index in [1.165, 1.54) is 0 Å². The molecule has 4 nitrogen and oxygen atoms in total. The molecule has 0 spiro atoms. The van der Waals surface area contributed by atoms with Crippen LogP contribution in [0.15, 0.2) is 17.8 Å². The number of thiazole rings is 1. The molecule has 0 aromatic carbocycles. The van der Waals surface area contributed by atoms with Gasteiger partial charge in [-0.3, -0.25) is 0 Å². The van der Waals surface area contributed by atoms with Gasteiger partial charge in [0, 0.05) is 36.6 Å². The zero-order chi connectivity index (χ0) is 11.4. The van der Waals surface area contributed by atoms with Crippen molar-refractivity contribution in [2.75, 3.05) is 0 Å². The van der Waals surface area contributed by atoms with Gasteiger partial charge in [0.2, 0.25) is 0 Å². The van der Waals surface area contributed by atoms with Crippen LogP contribution in [0, 0.1) is 6.92 Å². The predicted octanol–water partition coefficient (Wildman–Crippen LogP) is 1.96. The summed E-state index contributed by atoms with van der Waals surface area (Å²) in [6, 6.07) is 0. The van der Waals surface area contributed by atoms with Gasteiger partial charge in [0.05, 0.1) is 6.54 Å². The highest BCUT2D eigenvalue weighted by molar-refractivity contribution is 7.09. The molecule has 0 aliphatic rings. The highest BCUT2D eigenvalue weighted by atomic mass is 32.1. The van der Waals surface area contributed by atoms with E-state index >= 15 is 0 Å². The van der Waals surface area contributed by atoms with Gasteiger partial charge >= 0.3 is 0 Å². The molecule has 0 radical (unpaired) electrons. The Morgan fingerprint density at radius 2 is 2.31 bits per heavy atom. The number of hydrogen-bond acceptors (Lipinski definition) is 4. The highest BCUT2D eigenvalue weighted by Gasteiger charge is 2.02. The van der Waals surface area contributed by atoms with Crippen molar-refractivity contribution in [1.29, 1.82) is 0 Å². The zero-order valence-corrected chi connectivity index (χ0v) is 10.4. The molecule has 16 heavy (non-hydrogen) atoms. The van der Waals surface area contributed by atoms with E-state index in [0.29, 0.717) is 0 Å². The van der Waals surface area contributed by atoms with Crippen molar-refractivity contribution in [2.45, 2.75) is 33.5 Å². The number of aryl methyl sites for hydroxylation is 2. The van der Waals surface area contributed by atoms with Gasteiger partial charge in [-0.25, -0.2) is 9.97 Å². The molecular weight excluding hydrogens is 220 g/mol. The van der Waals surface area contributed by atoms with Gasteiger partial charge in [-0.2, -0.15) is 0 Å². The van der Waals surface area contributed by atoms with Crippen molar-refractivity contribution in [3.63, 3.8) is 0 Å². The number of hydrogen-bond donors (Lipinski definition) is 1. The number of aromatic nitrogens is 3. The van der Waals surface area contributed by atoms with Gasteiger partial charge in [0.15, 0.2) is 0 Å². The van der Waals surface area contributed by atoms with Gasteiger partial charge in [-0.15, -0.1) is 11.3 Å². The van der Waals surface area contributed by atoms with Gasteiger partial charge in [-0.1, -0.05) is 0 Å². The minimum Gasteiger partial charge on any atom is -0.334 e. The first-order chi connectivity index (χ1) is 7.79. The summed E-state index contributed by atoms with van der Waals surface area (Å²) in [5.74, 6) is 1.08. The van der Waals surface area contributed by atoms with Gasteiger partial charge in [0.25, 0.3) is 0 Å². The lowest BCUT2D eigenvalue weighted by molar-refractivity contribution is 0.611. The molecule has 1 N–H and O–H groups in total. The zero-order valence-electron chi connectivity index (χ0n) is 9.60. The number of imidazole rings is 1. The fourth-order valence-electron chi connectivity index (χ4n) is 1.56. The van der Waals surface area contributed by atoms with Gasteiger partial charge < -0.3 is 9.88 Å². The molecule has 0 aliphatic carbocycles. The molecule has 0 amide bonds. The third kappa shape index (κ3) is 2.68. The second kappa shape index (κ2) is 5.23. The maximum Gasteiger partial charge on any atom is 0.122 e. The lowest BCUT2D eigenvalue weighted by Gasteiger charge is -2.05. The normalized spacial score (nSPS) is 10.9. The molecule has 0 saturated heterocycles. The quantitative estimate of drug-likeness (QED) is 0.863. The van der Waals surface area contributed by atoms with Gasteiger partial charge in [-0.05, 0) is 13.8 Å². The lowest BCUT2D eigenvalue weighted by Crippen LogP contribution is -2.16. The Labute approximate surface area is 99.4 Å². The minimum absolute atomic E-state index is 0.791. The highest BCUT2D eigenvalue weighted by Crippen LogP contribution is 2.08. The summed E-state index contributed by atoms with van der Waals surface area (Å²) in [4.78, 5) is 8.71. The first kappa shape index (κ1) is 11.3. The van der Waals surface area contributed by atoms with Crippen LogP contribution in [0.3, 0.4) is 0 Å². The maximum absolute atomic E-state index is 4.40. The summed E-state index contributed by atoms with van der Waals surface area (Å²) in [7, 11) is 0. The Morgan fingerprint density at radius 1 is 1.44 bits per heavy atom. The Kier molecular flexibility index (Phi) is 3.69. The smallest absolute Gasteiger partial charge is 0.122 e. The van der Waals surface area contributed by atoms with Crippen molar-refractivity contribution in [3.05, 3.63) is 34.3 Å². The molecule has 0 atom stereocenters. The van der Waals surface area contributed by atoms with E-state index in [2.05, 4.69) is 32.2 Å². The van der Waals surface area contributed by atoms with Crippen LogP contribution in [-0.2, 0) is 19.6 Å². The molecule has 86 valence electrons. The molecule has 2 heterocycles. The summed E-state index contributed by atoms with van der Waals surface area (Å²) in [6.07, 6.45) is 3.85. The first-order valence-corrected chi connectivity index (χ1v) is 6.29. The summed E-state index contributed by atoms with van der Waals surface area (Å²) >= 11 is 1.70. The Bertz CT molecular complexity index is 446. The monoisotopic (exact) mass is 236 g/mol. The Morgan fingerprint density at radius 3 is 3.00 bits per heavy atom. The van der Waals surface area contributed by atoms with Crippen LogP contribution in [0.5, 0.6) is 0 Å². The summed E-state index contributed by atoms with van der Waals surface area (Å²) in [6.45, 7) is 6.71. The Hall–Kier alpha value is -1.20. The molecule has 5 heteroatoms. The average Bonchev–Trinajstić information content (AvgIpc) is 2.87. The number of nitrogens with zero attached hydrogens (tertiary/aromatic N) is 3. The predicted molar refractivity (Wildman–Crippen MR) is 65.3 cm³/mol. The number of rotatable bonds is 5. The standard InChI is InChI=1S/C11H16N4S/c1-3-15-5-4-13-10(15)6-12-7-11-14-9(2)8-16-11/h4-5,8,12H,3,6-7H2,1-2H3. The van der Waals surface area contributed by atoms with Crippen LogP contribution in [-0.4, -0.2) is 14.5 Å². The first-order valence-electron chi connectivity index (χ1n) is 5.41. The van der Waals surface area contributed by atoms with Crippen molar-refractivity contribution in [2.24, 2.45) is 0 Å². The fourth-order valence-corrected chi connectivity index (χ4v) is 2.30. The second-order valence-corrected chi connectivity index (χ2v) is 4.56. The van der Waals surface area contributed by atoms with Crippen molar-refractivity contribution in [1.82, 2.24) is 19.9 Å². The largest absolute Gasteiger partial charge is 0.334 e. The lowest BCUT2D eigenvalue weighted by atomic mass is 10.5. The van der Waals surface area contributed by atoms with E-state index in [1.54, 1.807) is 11.3 Å². The third-order valence-electron chi connectivity index (χ3n) is 2.37. The van der Waals surface area contributed by atoms with E-state index in [1.807, 2.05) is 19.3 Å². The molecule has 0 aliphatic heterocycles. The van der Waals surface area contributed by atoms with Crippen LogP contribution in [0.25, 0.3) is 0 Å². The molecule has 2 rings (SSSR count). The van der Waals surface area contributed by atoms with Crippen molar-refractivity contribution < 1.29 is 0 Å². The molecular formula is C11H16N4S. The summed E-state index contributed by atoms with van der Waals surface area (Å²) in [5, 5.41) is 6.56. The topological polar surface area (TPSA) is 42.7 Å². The van der Waals surface area contributed by atoms with E-state index in [9.17, 15) is 0 Å². The van der Waals surface area contributed by atoms with Crippen molar-refractivity contribution >= 4 is 11.3 Å². The maximum atomic E-state index is 4.40. The average molecular weight is 236 g/mol. The molecule has 2 aromatic heterocycles. The summed E-state index contributed by atoms with van der Waals surface area (Å²) in [5.41, 5.74) is 1.09. The SMILES string of the molecule is CCn1ccnc1CNCc1nc(C)cs1. The molecule has 0 fully saturated rings. The van der Waals surface area contributed by atoms with Crippen LogP contribution >= 0.6 is 11.3 Å². The van der Waals surface area contributed by atoms with E-state index < -0.39 is 0 Å². The van der Waals surface area contributed by atoms with E-state index in [-0.39, 0.29) is 0 Å². The van der Waals surface area contributed by atoms with Gasteiger partial charge in [0.1, 0.15) is 10.8 Å². The number of nitrogens with one attached hydrogen (secondary N) is 1. The van der Waals surface area contributed by atoms with Crippen LogP contribution in [0.2, 0.25) is 0 Å². The van der Waals surface area contributed by atoms with E-state index in [4.69, 9.17) is 0 Å².